The summed E-state index contributed by atoms with van der Waals surface area (Å²) in [5.74, 6) is 2.49. The summed E-state index contributed by atoms with van der Waals surface area (Å²) >= 11 is 13.6. The third kappa shape index (κ3) is 6.01. The van der Waals surface area contributed by atoms with Gasteiger partial charge in [0.25, 0.3) is 0 Å². The maximum absolute atomic E-state index is 12.0. The Hall–Kier alpha value is -1.30. The number of rotatable bonds is 8. The van der Waals surface area contributed by atoms with E-state index in [1.807, 2.05) is 12.1 Å². The topological polar surface area (TPSA) is 54.3 Å². The number of nitrogens with one attached hydrogen (secondary N) is 2. The fourth-order valence-corrected chi connectivity index (χ4v) is 3.09. The lowest BCUT2D eigenvalue weighted by atomic mass is 10.2. The number of halogens is 2. The first-order valence-corrected chi connectivity index (χ1v) is 9.07. The van der Waals surface area contributed by atoms with Gasteiger partial charge in [-0.3, -0.25) is 4.79 Å². The van der Waals surface area contributed by atoms with Crippen molar-refractivity contribution in [1.82, 2.24) is 5.32 Å². The van der Waals surface area contributed by atoms with Crippen molar-refractivity contribution in [3.05, 3.63) is 52.4 Å². The number of amides is 1. The molecule has 0 saturated carbocycles. The third-order valence-corrected chi connectivity index (χ3v) is 4.60. The van der Waals surface area contributed by atoms with Crippen molar-refractivity contribution in [3.63, 3.8) is 0 Å². The highest BCUT2D eigenvalue weighted by Gasteiger charge is 2.13. The van der Waals surface area contributed by atoms with Crippen LogP contribution >= 0.6 is 35.0 Å². The average molecular weight is 373 g/mol. The van der Waals surface area contributed by atoms with Gasteiger partial charge < -0.3 is 15.1 Å². The number of thioether (sulfide) groups is 1. The quantitative estimate of drug-likeness (QED) is 0.672. The van der Waals surface area contributed by atoms with E-state index >= 15 is 0 Å². The zero-order valence-corrected chi connectivity index (χ0v) is 15.0. The number of anilines is 1. The van der Waals surface area contributed by atoms with Gasteiger partial charge in [-0.2, -0.15) is 11.8 Å². The van der Waals surface area contributed by atoms with Crippen LogP contribution in [0.25, 0.3) is 0 Å². The van der Waals surface area contributed by atoms with E-state index < -0.39 is 0 Å². The van der Waals surface area contributed by atoms with Gasteiger partial charge in [0.2, 0.25) is 5.91 Å². The number of hydrogen-bond donors (Lipinski definition) is 2. The second-order valence-corrected chi connectivity index (χ2v) is 6.86. The molecule has 2 N–H and O–H groups in total. The molecular formula is C16H18Cl2N2O2S. The molecule has 1 amide bonds. The number of carbonyl (C=O) groups excluding carboxylic acids is 1. The van der Waals surface area contributed by atoms with Crippen molar-refractivity contribution in [3.8, 4) is 0 Å². The number of hydrogen-bond acceptors (Lipinski definition) is 4. The van der Waals surface area contributed by atoms with Crippen LogP contribution in [0.15, 0.2) is 41.0 Å². The normalized spacial score (nSPS) is 12.0. The molecule has 0 spiro atoms. The first-order valence-electron chi connectivity index (χ1n) is 7.15. The minimum Gasteiger partial charge on any atom is -0.468 e. The second-order valence-electron chi connectivity index (χ2n) is 4.91. The maximum Gasteiger partial charge on any atom is 0.242 e. The lowest BCUT2D eigenvalue weighted by Crippen LogP contribution is -2.38. The van der Waals surface area contributed by atoms with Gasteiger partial charge in [-0.25, -0.2) is 0 Å². The number of furan rings is 1. The Morgan fingerprint density at radius 3 is 2.87 bits per heavy atom. The molecule has 0 bridgehead atoms. The first kappa shape index (κ1) is 18.0. The van der Waals surface area contributed by atoms with Gasteiger partial charge in [-0.05, 0) is 37.3 Å². The van der Waals surface area contributed by atoms with Gasteiger partial charge >= 0.3 is 0 Å². The lowest BCUT2D eigenvalue weighted by molar-refractivity contribution is -0.121. The van der Waals surface area contributed by atoms with E-state index in [1.54, 1.807) is 43.1 Å². The van der Waals surface area contributed by atoms with Crippen molar-refractivity contribution in [2.45, 2.75) is 18.7 Å². The summed E-state index contributed by atoms with van der Waals surface area (Å²) in [6.45, 7) is 2.39. The van der Waals surface area contributed by atoms with E-state index in [9.17, 15) is 4.79 Å². The fourth-order valence-electron chi connectivity index (χ4n) is 1.87. The van der Waals surface area contributed by atoms with E-state index in [0.29, 0.717) is 22.3 Å². The van der Waals surface area contributed by atoms with Crippen molar-refractivity contribution >= 4 is 46.6 Å². The first-order chi connectivity index (χ1) is 11.1. The molecular weight excluding hydrogens is 355 g/mol. The molecule has 7 heteroatoms. The van der Waals surface area contributed by atoms with Gasteiger partial charge in [0, 0.05) is 17.3 Å². The summed E-state index contributed by atoms with van der Waals surface area (Å²) in [5, 5.41) is 7.02. The molecule has 0 aliphatic rings. The predicted octanol–water partition coefficient (Wildman–Crippen LogP) is 4.44. The van der Waals surface area contributed by atoms with Gasteiger partial charge in [0.15, 0.2) is 0 Å². The van der Waals surface area contributed by atoms with Crippen LogP contribution in [0.2, 0.25) is 10.0 Å². The third-order valence-electron chi connectivity index (χ3n) is 3.07. The van der Waals surface area contributed by atoms with E-state index in [1.165, 1.54) is 0 Å². The van der Waals surface area contributed by atoms with Crippen LogP contribution in [0.5, 0.6) is 0 Å². The van der Waals surface area contributed by atoms with Gasteiger partial charge in [0.1, 0.15) is 11.8 Å². The Morgan fingerprint density at radius 2 is 2.17 bits per heavy atom. The van der Waals surface area contributed by atoms with Crippen molar-refractivity contribution in [2.75, 3.05) is 17.6 Å². The molecule has 0 radical (unpaired) electrons. The predicted molar refractivity (Wildman–Crippen MR) is 97.4 cm³/mol. The molecule has 124 valence electrons. The second kappa shape index (κ2) is 9.11. The Kier molecular flexibility index (Phi) is 7.15. The highest BCUT2D eigenvalue weighted by molar-refractivity contribution is 7.98. The van der Waals surface area contributed by atoms with Crippen LogP contribution in [0, 0.1) is 0 Å². The Balaban J connectivity index is 1.68. The Labute approximate surface area is 149 Å². The van der Waals surface area contributed by atoms with E-state index in [0.717, 1.165) is 17.3 Å². The number of benzene rings is 1. The molecule has 0 aliphatic carbocycles. The summed E-state index contributed by atoms with van der Waals surface area (Å²) in [5.41, 5.74) is 0.686. The summed E-state index contributed by atoms with van der Waals surface area (Å²) in [7, 11) is 0. The zero-order valence-electron chi connectivity index (χ0n) is 12.6. The number of carbonyl (C=O) groups is 1. The van der Waals surface area contributed by atoms with Gasteiger partial charge in [0.05, 0.1) is 22.7 Å². The SMILES string of the molecule is CC(Nc1ccc(Cl)cc1Cl)C(=O)NCCSCc1ccco1. The molecule has 0 saturated heterocycles. The van der Waals surface area contributed by atoms with Crippen molar-refractivity contribution in [1.29, 1.82) is 0 Å². The zero-order chi connectivity index (χ0) is 16.7. The maximum atomic E-state index is 12.0. The molecule has 1 aromatic heterocycles. The summed E-state index contributed by atoms with van der Waals surface area (Å²) in [4.78, 5) is 12.0. The molecule has 0 fully saturated rings. The molecule has 1 heterocycles. The van der Waals surface area contributed by atoms with E-state index in [4.69, 9.17) is 27.6 Å². The molecule has 2 aromatic rings. The summed E-state index contributed by atoms with van der Waals surface area (Å²) in [6.07, 6.45) is 1.66. The van der Waals surface area contributed by atoms with Crippen LogP contribution in [0.4, 0.5) is 5.69 Å². The highest BCUT2D eigenvalue weighted by Crippen LogP contribution is 2.25. The fraction of sp³-hybridized carbons (Fsp3) is 0.312. The minimum atomic E-state index is -0.385. The van der Waals surface area contributed by atoms with Crippen LogP contribution < -0.4 is 10.6 Å². The minimum absolute atomic E-state index is 0.0744. The molecule has 0 aliphatic heterocycles. The van der Waals surface area contributed by atoms with Crippen molar-refractivity contribution in [2.24, 2.45) is 0 Å². The van der Waals surface area contributed by atoms with E-state index in [-0.39, 0.29) is 11.9 Å². The van der Waals surface area contributed by atoms with Crippen LogP contribution in [0.3, 0.4) is 0 Å². The summed E-state index contributed by atoms with van der Waals surface area (Å²) < 4.78 is 5.25. The molecule has 4 nitrogen and oxygen atoms in total. The molecule has 1 unspecified atom stereocenters. The largest absolute Gasteiger partial charge is 0.468 e. The highest BCUT2D eigenvalue weighted by atomic mass is 35.5. The smallest absolute Gasteiger partial charge is 0.242 e. The van der Waals surface area contributed by atoms with Crippen LogP contribution in [-0.2, 0) is 10.5 Å². The lowest BCUT2D eigenvalue weighted by Gasteiger charge is -2.16. The molecule has 1 atom stereocenters. The summed E-state index contributed by atoms with van der Waals surface area (Å²) in [6, 6.07) is 8.55. The monoisotopic (exact) mass is 372 g/mol. The molecule has 2 rings (SSSR count). The van der Waals surface area contributed by atoms with Gasteiger partial charge in [-0.15, -0.1) is 0 Å². The van der Waals surface area contributed by atoms with Crippen LogP contribution in [-0.4, -0.2) is 24.2 Å². The van der Waals surface area contributed by atoms with Crippen molar-refractivity contribution < 1.29 is 9.21 Å². The average Bonchev–Trinajstić information content (AvgIpc) is 3.02. The van der Waals surface area contributed by atoms with Crippen LogP contribution in [0.1, 0.15) is 12.7 Å². The molecule has 1 aromatic carbocycles. The Morgan fingerprint density at radius 1 is 1.35 bits per heavy atom. The van der Waals surface area contributed by atoms with E-state index in [2.05, 4.69) is 10.6 Å². The Bertz CT molecular complexity index is 635. The van der Waals surface area contributed by atoms with Gasteiger partial charge in [-0.1, -0.05) is 23.2 Å². The molecule has 23 heavy (non-hydrogen) atoms. The standard InChI is InChI=1S/C16H18Cl2N2O2S/c1-11(20-15-5-4-12(17)9-14(15)18)16(21)19-6-8-23-10-13-3-2-7-22-13/h2-5,7,9,11,20H,6,8,10H2,1H3,(H,19,21).